The van der Waals surface area contributed by atoms with Gasteiger partial charge in [-0.3, -0.25) is 9.59 Å². The van der Waals surface area contributed by atoms with Gasteiger partial charge in [0.05, 0.1) is 20.3 Å². The fraction of sp³-hybridized carbons (Fsp3) is 0.667. The Balaban J connectivity index is 1.46. The molecule has 0 radical (unpaired) electrons. The molecule has 3 saturated carbocycles. The molecule has 196 valence electrons. The van der Waals surface area contributed by atoms with Crippen molar-refractivity contribution in [1.82, 2.24) is 10.2 Å². The van der Waals surface area contributed by atoms with Crippen molar-refractivity contribution in [2.24, 2.45) is 34.5 Å². The molecule has 1 aromatic rings. The summed E-state index contributed by atoms with van der Waals surface area (Å²) in [6.07, 6.45) is 11.0. The van der Waals surface area contributed by atoms with E-state index < -0.39 is 0 Å². The molecule has 1 aromatic carbocycles. The normalized spacial score (nSPS) is 38.0. The minimum absolute atomic E-state index is 0.00332. The van der Waals surface area contributed by atoms with Crippen molar-refractivity contribution in [3.05, 3.63) is 35.9 Å². The summed E-state index contributed by atoms with van der Waals surface area (Å²) in [6.45, 7) is 6.50. The second-order valence-corrected chi connectivity index (χ2v) is 12.1. The van der Waals surface area contributed by atoms with Crippen molar-refractivity contribution in [3.8, 4) is 11.5 Å². The van der Waals surface area contributed by atoms with E-state index in [2.05, 4.69) is 31.3 Å². The molecule has 8 atom stereocenters. The van der Waals surface area contributed by atoms with Crippen LogP contribution in [0.15, 0.2) is 30.4 Å². The molecule has 0 bridgehead atoms. The number of likely N-dealkylation sites (N-methyl/N-ethyl adjacent to an activating group) is 1. The topological polar surface area (TPSA) is 67.9 Å². The molecule has 1 N–H and O–H groups in total. The Hall–Kier alpha value is -2.50. The van der Waals surface area contributed by atoms with E-state index in [0.717, 1.165) is 24.8 Å². The van der Waals surface area contributed by atoms with Crippen LogP contribution in [0.25, 0.3) is 0 Å². The number of benzene rings is 1. The van der Waals surface area contributed by atoms with Gasteiger partial charge in [-0.1, -0.05) is 26.0 Å². The number of ether oxygens (including phenoxy) is 2. The number of hydrogen-bond acceptors (Lipinski definition) is 4. The van der Waals surface area contributed by atoms with E-state index in [4.69, 9.17) is 9.47 Å². The molecule has 2 amide bonds. The Morgan fingerprint density at radius 1 is 1.06 bits per heavy atom. The molecule has 1 unspecified atom stereocenters. The van der Waals surface area contributed by atoms with Crippen LogP contribution >= 0.6 is 0 Å². The zero-order chi connectivity index (χ0) is 25.8. The first-order valence-corrected chi connectivity index (χ1v) is 13.6. The predicted octanol–water partition coefficient (Wildman–Crippen LogP) is 5.14. The van der Waals surface area contributed by atoms with Gasteiger partial charge in [0, 0.05) is 25.4 Å². The highest BCUT2D eigenvalue weighted by atomic mass is 16.5. The highest BCUT2D eigenvalue weighted by Gasteiger charge is 2.61. The summed E-state index contributed by atoms with van der Waals surface area (Å²) in [4.78, 5) is 26.8. The molecule has 0 saturated heterocycles. The van der Waals surface area contributed by atoms with Crippen LogP contribution < -0.4 is 14.8 Å². The van der Waals surface area contributed by atoms with Gasteiger partial charge in [0.1, 0.15) is 0 Å². The second kappa shape index (κ2) is 9.11. The average Bonchev–Trinajstić information content (AvgIpc) is 3.21. The number of methoxy groups -OCH3 is 2. The predicted molar refractivity (Wildman–Crippen MR) is 140 cm³/mol. The molecule has 5 rings (SSSR count). The number of nitrogens with zero attached hydrogens (tertiary/aromatic N) is 1. The number of hydrogen-bond donors (Lipinski definition) is 1. The van der Waals surface area contributed by atoms with Crippen molar-refractivity contribution in [2.75, 3.05) is 21.3 Å². The maximum atomic E-state index is 12.4. The van der Waals surface area contributed by atoms with Crippen LogP contribution in [0.1, 0.15) is 70.9 Å². The van der Waals surface area contributed by atoms with Gasteiger partial charge in [-0.25, -0.2) is 0 Å². The highest BCUT2D eigenvalue weighted by molar-refractivity contribution is 5.89. The van der Waals surface area contributed by atoms with Crippen molar-refractivity contribution >= 4 is 11.8 Å². The van der Waals surface area contributed by atoms with Gasteiger partial charge >= 0.3 is 0 Å². The van der Waals surface area contributed by atoms with E-state index in [-0.39, 0.29) is 28.7 Å². The van der Waals surface area contributed by atoms with Crippen molar-refractivity contribution in [1.29, 1.82) is 0 Å². The van der Waals surface area contributed by atoms with Gasteiger partial charge in [-0.15, -0.1) is 0 Å². The standard InChI is InChI=1S/C30H42N2O4/c1-18(33)31-28(19-7-11-24(35-5)25(17-19)36-6)23-10-9-21-20-8-12-26-30(3,16-14-27(34)32(26)4)22(20)13-15-29(21,23)2/h7,11,14,16-17,20-23,26,28H,8-10,12-13,15H2,1-6H3,(H,31,33)/t20-,21-,22-,23+,26+,28?,29-,30+/m0/s1. The average molecular weight is 495 g/mol. The molecule has 36 heavy (non-hydrogen) atoms. The van der Waals surface area contributed by atoms with E-state index in [0.29, 0.717) is 41.2 Å². The zero-order valence-corrected chi connectivity index (χ0v) is 22.7. The third kappa shape index (κ3) is 3.74. The number of nitrogens with one attached hydrogen (secondary N) is 1. The van der Waals surface area contributed by atoms with Crippen LogP contribution in [-0.4, -0.2) is 44.0 Å². The molecular formula is C30H42N2O4. The van der Waals surface area contributed by atoms with Crippen LogP contribution in [0.3, 0.4) is 0 Å². The first-order chi connectivity index (χ1) is 17.1. The lowest BCUT2D eigenvalue weighted by atomic mass is 9.47. The minimum Gasteiger partial charge on any atom is -0.493 e. The number of carbonyl (C=O) groups excluding carboxylic acids is 2. The third-order valence-electron chi connectivity index (χ3n) is 10.7. The molecule has 6 heteroatoms. The lowest BCUT2D eigenvalue weighted by molar-refractivity contribution is -0.139. The number of carbonyl (C=O) groups is 2. The number of rotatable bonds is 5. The SMILES string of the molecule is COc1ccc(C(NC(C)=O)[C@H]2CC[C@H]3[C@@H]4CC[C@H]5N(C)C(=O)C=C[C@]5(C)[C@H]4CC[C@]23C)cc1OC. The van der Waals surface area contributed by atoms with E-state index >= 15 is 0 Å². The van der Waals surface area contributed by atoms with Gasteiger partial charge in [-0.2, -0.15) is 0 Å². The van der Waals surface area contributed by atoms with Crippen LogP contribution in [-0.2, 0) is 9.59 Å². The summed E-state index contributed by atoms with van der Waals surface area (Å²) >= 11 is 0. The molecule has 3 aliphatic carbocycles. The zero-order valence-electron chi connectivity index (χ0n) is 22.7. The van der Waals surface area contributed by atoms with Gasteiger partial charge in [0.2, 0.25) is 11.8 Å². The highest BCUT2D eigenvalue weighted by Crippen LogP contribution is 2.67. The van der Waals surface area contributed by atoms with Crippen LogP contribution in [0, 0.1) is 34.5 Å². The minimum atomic E-state index is -0.0564. The Kier molecular flexibility index (Phi) is 6.37. The van der Waals surface area contributed by atoms with Gasteiger partial charge < -0.3 is 19.7 Å². The summed E-state index contributed by atoms with van der Waals surface area (Å²) in [7, 11) is 5.29. The molecule has 6 nitrogen and oxygen atoms in total. The summed E-state index contributed by atoms with van der Waals surface area (Å²) < 4.78 is 11.1. The molecule has 1 heterocycles. The Morgan fingerprint density at radius 2 is 1.81 bits per heavy atom. The molecule has 1 aliphatic heterocycles. The summed E-state index contributed by atoms with van der Waals surface area (Å²) in [5.41, 5.74) is 1.29. The maximum Gasteiger partial charge on any atom is 0.246 e. The van der Waals surface area contributed by atoms with Crippen LogP contribution in [0.2, 0.25) is 0 Å². The van der Waals surface area contributed by atoms with Gasteiger partial charge in [0.25, 0.3) is 0 Å². The smallest absolute Gasteiger partial charge is 0.246 e. The Morgan fingerprint density at radius 3 is 2.50 bits per heavy atom. The third-order valence-corrected chi connectivity index (χ3v) is 10.7. The molecular weight excluding hydrogens is 452 g/mol. The van der Waals surface area contributed by atoms with Gasteiger partial charge in [0.15, 0.2) is 11.5 Å². The Labute approximate surface area is 215 Å². The Bertz CT molecular complexity index is 1070. The van der Waals surface area contributed by atoms with Crippen LogP contribution in [0.4, 0.5) is 0 Å². The largest absolute Gasteiger partial charge is 0.493 e. The van der Waals surface area contributed by atoms with E-state index in [9.17, 15) is 9.59 Å². The number of fused-ring (bicyclic) bond motifs is 5. The molecule has 4 aliphatic rings. The summed E-state index contributed by atoms with van der Waals surface area (Å²) in [6, 6.07) is 6.31. The molecule has 0 aromatic heterocycles. The van der Waals surface area contributed by atoms with Crippen molar-refractivity contribution in [3.63, 3.8) is 0 Å². The lowest BCUT2D eigenvalue weighted by Crippen LogP contribution is -2.59. The first kappa shape index (κ1) is 25.2. The van der Waals surface area contributed by atoms with E-state index in [1.165, 1.54) is 19.3 Å². The monoisotopic (exact) mass is 494 g/mol. The van der Waals surface area contributed by atoms with Gasteiger partial charge in [-0.05, 0) is 91.4 Å². The maximum absolute atomic E-state index is 12.4. The molecule has 0 spiro atoms. The fourth-order valence-corrected chi connectivity index (χ4v) is 9.01. The van der Waals surface area contributed by atoms with Crippen LogP contribution in [0.5, 0.6) is 11.5 Å². The van der Waals surface area contributed by atoms with E-state index in [1.54, 1.807) is 21.1 Å². The number of amides is 2. The lowest BCUT2D eigenvalue weighted by Gasteiger charge is -2.60. The second-order valence-electron chi connectivity index (χ2n) is 12.1. The summed E-state index contributed by atoms with van der Waals surface area (Å²) in [5.74, 6) is 3.79. The molecule has 3 fully saturated rings. The first-order valence-electron chi connectivity index (χ1n) is 13.6. The van der Waals surface area contributed by atoms with E-state index in [1.807, 2.05) is 30.2 Å². The quantitative estimate of drug-likeness (QED) is 0.616. The van der Waals surface area contributed by atoms with Crippen molar-refractivity contribution < 1.29 is 19.1 Å². The van der Waals surface area contributed by atoms with Crippen molar-refractivity contribution in [2.45, 2.75) is 71.4 Å². The fourth-order valence-electron chi connectivity index (χ4n) is 9.01. The summed E-state index contributed by atoms with van der Waals surface area (Å²) in [5, 5.41) is 3.33.